The third-order valence-corrected chi connectivity index (χ3v) is 5.06. The molecule has 0 aliphatic heterocycles. The number of nitrogens with zero attached hydrogens (tertiary/aromatic N) is 2. The van der Waals surface area contributed by atoms with Gasteiger partial charge in [-0.3, -0.25) is 9.40 Å². The summed E-state index contributed by atoms with van der Waals surface area (Å²) in [6, 6.07) is 1.61. The van der Waals surface area contributed by atoms with E-state index < -0.39 is 10.0 Å². The average molecular weight is 300 g/mol. The van der Waals surface area contributed by atoms with Crippen molar-refractivity contribution in [2.45, 2.75) is 24.9 Å². The number of nitrogens with one attached hydrogen (secondary N) is 2. The van der Waals surface area contributed by atoms with Gasteiger partial charge < -0.3 is 5.32 Å². The summed E-state index contributed by atoms with van der Waals surface area (Å²) < 4.78 is 28.8. The van der Waals surface area contributed by atoms with Gasteiger partial charge in [0.2, 0.25) is 0 Å². The lowest BCUT2D eigenvalue weighted by Gasteiger charge is -2.06. The molecule has 0 saturated heterocycles. The quantitative estimate of drug-likeness (QED) is 0.847. The minimum Gasteiger partial charge on any atom is -0.315 e. The number of thiophene rings is 1. The highest BCUT2D eigenvalue weighted by Crippen LogP contribution is 2.24. The fourth-order valence-corrected chi connectivity index (χ4v) is 4.14. The SMILES string of the molecule is CCn1cc(NS(=O)(=O)c2ccsc2CNC)cn1. The number of hydrogen-bond acceptors (Lipinski definition) is 5. The first-order valence-electron chi connectivity index (χ1n) is 5.83. The summed E-state index contributed by atoms with van der Waals surface area (Å²) in [4.78, 5) is 1.11. The lowest BCUT2D eigenvalue weighted by atomic mass is 10.5. The standard InChI is InChI=1S/C11H16N4O2S2/c1-3-15-8-9(6-13-15)14-19(16,17)11-4-5-18-10(11)7-12-2/h4-6,8,12,14H,3,7H2,1-2H3. The Kier molecular flexibility index (Phi) is 4.23. The summed E-state index contributed by atoms with van der Waals surface area (Å²) in [7, 11) is -1.76. The van der Waals surface area contributed by atoms with Gasteiger partial charge >= 0.3 is 0 Å². The fourth-order valence-electron chi connectivity index (χ4n) is 1.66. The van der Waals surface area contributed by atoms with E-state index in [1.54, 1.807) is 29.4 Å². The van der Waals surface area contributed by atoms with Crippen molar-refractivity contribution in [2.75, 3.05) is 11.8 Å². The molecule has 2 N–H and O–H groups in total. The maximum absolute atomic E-state index is 12.3. The monoisotopic (exact) mass is 300 g/mol. The Morgan fingerprint density at radius 2 is 2.26 bits per heavy atom. The van der Waals surface area contributed by atoms with Gasteiger partial charge in [-0.05, 0) is 25.4 Å². The number of anilines is 1. The molecule has 2 aromatic heterocycles. The van der Waals surface area contributed by atoms with Crippen LogP contribution in [0, 0.1) is 0 Å². The Morgan fingerprint density at radius 1 is 1.47 bits per heavy atom. The molecule has 2 heterocycles. The van der Waals surface area contributed by atoms with E-state index in [1.165, 1.54) is 17.5 Å². The Hall–Kier alpha value is -1.38. The third-order valence-electron chi connectivity index (χ3n) is 2.54. The van der Waals surface area contributed by atoms with Crippen molar-refractivity contribution in [3.8, 4) is 0 Å². The Bertz CT molecular complexity index is 645. The molecule has 2 rings (SSSR count). The smallest absolute Gasteiger partial charge is 0.263 e. The lowest BCUT2D eigenvalue weighted by Crippen LogP contribution is -2.15. The molecular weight excluding hydrogens is 284 g/mol. The maximum atomic E-state index is 12.3. The molecular formula is C11H16N4O2S2. The number of aryl methyl sites for hydroxylation is 1. The topological polar surface area (TPSA) is 76.0 Å². The van der Waals surface area contributed by atoms with Crippen LogP contribution in [-0.4, -0.2) is 25.2 Å². The van der Waals surface area contributed by atoms with E-state index >= 15 is 0 Å². The molecule has 2 aromatic rings. The van der Waals surface area contributed by atoms with Crippen molar-refractivity contribution in [3.63, 3.8) is 0 Å². The second-order valence-corrected chi connectivity index (χ2v) is 6.58. The van der Waals surface area contributed by atoms with E-state index in [-0.39, 0.29) is 0 Å². The second-order valence-electron chi connectivity index (χ2n) is 3.93. The minimum absolute atomic E-state index is 0.316. The number of hydrogen-bond donors (Lipinski definition) is 2. The van der Waals surface area contributed by atoms with Crippen molar-refractivity contribution in [2.24, 2.45) is 0 Å². The highest BCUT2D eigenvalue weighted by molar-refractivity contribution is 7.93. The van der Waals surface area contributed by atoms with Crippen molar-refractivity contribution in [1.82, 2.24) is 15.1 Å². The molecule has 6 nitrogen and oxygen atoms in total. The first-order valence-corrected chi connectivity index (χ1v) is 8.19. The summed E-state index contributed by atoms with van der Waals surface area (Å²) in [6.45, 7) is 3.17. The van der Waals surface area contributed by atoms with Crippen LogP contribution in [0.2, 0.25) is 0 Å². The Morgan fingerprint density at radius 3 is 2.89 bits per heavy atom. The first kappa shape index (κ1) is 14.0. The van der Waals surface area contributed by atoms with Gasteiger partial charge in [-0.15, -0.1) is 11.3 Å². The molecule has 8 heteroatoms. The molecule has 0 aliphatic rings. The van der Waals surface area contributed by atoms with E-state index in [4.69, 9.17) is 0 Å². The predicted octanol–water partition coefficient (Wildman–Crippen LogP) is 1.48. The second kappa shape index (κ2) is 5.72. The molecule has 0 fully saturated rings. The predicted molar refractivity (Wildman–Crippen MR) is 75.8 cm³/mol. The van der Waals surface area contributed by atoms with E-state index in [0.717, 1.165) is 4.88 Å². The van der Waals surface area contributed by atoms with E-state index in [1.807, 2.05) is 6.92 Å². The van der Waals surface area contributed by atoms with Crippen molar-refractivity contribution in [3.05, 3.63) is 28.7 Å². The molecule has 0 aromatic carbocycles. The van der Waals surface area contributed by atoms with Crippen LogP contribution in [0.1, 0.15) is 11.8 Å². The lowest BCUT2D eigenvalue weighted by molar-refractivity contribution is 0.600. The van der Waals surface area contributed by atoms with Crippen molar-refractivity contribution < 1.29 is 8.42 Å². The summed E-state index contributed by atoms with van der Waals surface area (Å²) in [6.07, 6.45) is 3.17. The number of aromatic nitrogens is 2. The van der Waals surface area contributed by atoms with Gasteiger partial charge in [0.25, 0.3) is 10.0 Å². The number of rotatable bonds is 6. The molecule has 104 valence electrons. The summed E-state index contributed by atoms with van der Waals surface area (Å²) in [5.74, 6) is 0. The highest BCUT2D eigenvalue weighted by Gasteiger charge is 2.20. The van der Waals surface area contributed by atoms with Crippen LogP contribution < -0.4 is 10.0 Å². The maximum Gasteiger partial charge on any atom is 0.263 e. The zero-order valence-electron chi connectivity index (χ0n) is 10.8. The fraction of sp³-hybridized carbons (Fsp3) is 0.364. The van der Waals surface area contributed by atoms with Gasteiger partial charge in [-0.25, -0.2) is 8.42 Å². The van der Waals surface area contributed by atoms with Crippen LogP contribution in [0.5, 0.6) is 0 Å². The van der Waals surface area contributed by atoms with Crippen LogP contribution in [0.25, 0.3) is 0 Å². The molecule has 0 amide bonds. The van der Waals surface area contributed by atoms with Gasteiger partial charge in [0.05, 0.1) is 11.9 Å². The van der Waals surface area contributed by atoms with Gasteiger partial charge in [0, 0.05) is 24.2 Å². The van der Waals surface area contributed by atoms with Crippen LogP contribution in [-0.2, 0) is 23.1 Å². The van der Waals surface area contributed by atoms with Crippen LogP contribution in [0.4, 0.5) is 5.69 Å². The molecule has 0 saturated carbocycles. The van der Waals surface area contributed by atoms with E-state index in [0.29, 0.717) is 23.7 Å². The highest BCUT2D eigenvalue weighted by atomic mass is 32.2. The molecule has 0 unspecified atom stereocenters. The van der Waals surface area contributed by atoms with E-state index in [9.17, 15) is 8.42 Å². The largest absolute Gasteiger partial charge is 0.315 e. The zero-order valence-corrected chi connectivity index (χ0v) is 12.4. The van der Waals surface area contributed by atoms with Gasteiger partial charge in [0.1, 0.15) is 4.90 Å². The molecule has 0 spiro atoms. The zero-order chi connectivity index (χ0) is 13.9. The van der Waals surface area contributed by atoms with Crippen molar-refractivity contribution >= 4 is 27.0 Å². The van der Waals surface area contributed by atoms with Crippen LogP contribution in [0.15, 0.2) is 28.7 Å². The van der Waals surface area contributed by atoms with E-state index in [2.05, 4.69) is 15.1 Å². The van der Waals surface area contributed by atoms with Gasteiger partial charge in [-0.1, -0.05) is 0 Å². The summed E-state index contributed by atoms with van der Waals surface area (Å²) >= 11 is 1.42. The number of sulfonamides is 1. The van der Waals surface area contributed by atoms with Gasteiger partial charge in [-0.2, -0.15) is 5.10 Å². The van der Waals surface area contributed by atoms with Crippen molar-refractivity contribution in [1.29, 1.82) is 0 Å². The van der Waals surface area contributed by atoms with Gasteiger partial charge in [0.15, 0.2) is 0 Å². The molecule has 19 heavy (non-hydrogen) atoms. The van der Waals surface area contributed by atoms with Crippen LogP contribution in [0.3, 0.4) is 0 Å². The molecule has 0 aliphatic carbocycles. The molecule has 0 atom stereocenters. The minimum atomic E-state index is -3.55. The molecule has 0 radical (unpaired) electrons. The Labute approximate surface area is 116 Å². The summed E-state index contributed by atoms with van der Waals surface area (Å²) in [5, 5.41) is 8.77. The third kappa shape index (κ3) is 3.14. The Balaban J connectivity index is 2.24. The average Bonchev–Trinajstić information content (AvgIpc) is 2.98. The molecule has 0 bridgehead atoms. The van der Waals surface area contributed by atoms with Crippen LogP contribution >= 0.6 is 11.3 Å². The normalized spacial score (nSPS) is 11.7. The summed E-state index contributed by atoms with van der Waals surface area (Å²) in [5.41, 5.74) is 0.475. The first-order chi connectivity index (χ1) is 9.06.